The molecule has 5 nitrogen and oxygen atoms in total. The quantitative estimate of drug-likeness (QED) is 0.685. The smallest absolute Gasteiger partial charge is 0.252 e. The molecule has 0 aliphatic rings. The van der Waals surface area contributed by atoms with Gasteiger partial charge in [-0.3, -0.25) is 4.79 Å². The molecule has 4 N–H and O–H groups in total. The zero-order chi connectivity index (χ0) is 16.1. The number of pyridine rings is 1. The molecule has 6 heteroatoms. The van der Waals surface area contributed by atoms with Crippen LogP contribution in [0.2, 0.25) is 0 Å². The van der Waals surface area contributed by atoms with Gasteiger partial charge in [0.1, 0.15) is 5.82 Å². The molecule has 2 aromatic rings. The van der Waals surface area contributed by atoms with Crippen LogP contribution in [0.1, 0.15) is 36.9 Å². The Bertz CT molecular complexity index is 704. The number of rotatable bonds is 7. The van der Waals surface area contributed by atoms with Gasteiger partial charge >= 0.3 is 0 Å². The fourth-order valence-corrected chi connectivity index (χ4v) is 2.61. The molecule has 1 atom stereocenters. The largest absolute Gasteiger partial charge is 0.346 e. The minimum atomic E-state index is -0.501. The molecule has 2 heterocycles. The third-order valence-corrected chi connectivity index (χ3v) is 3.74. The number of aromatic amines is 1. The van der Waals surface area contributed by atoms with Gasteiger partial charge in [0.25, 0.3) is 5.56 Å². The van der Waals surface area contributed by atoms with Gasteiger partial charge in [-0.2, -0.15) is 0 Å². The number of H-pyrrole nitrogens is 1. The van der Waals surface area contributed by atoms with Crippen LogP contribution in [0.3, 0.4) is 0 Å². The second-order valence-corrected chi connectivity index (χ2v) is 5.21. The Morgan fingerprint density at radius 2 is 2.32 bits per heavy atom. The SMILES string of the molecule is CC[C@@H](C(=N)c1cccn1CCCN)c1cc(F)c[nH]c1=O. The van der Waals surface area contributed by atoms with Crippen molar-refractivity contribution in [2.75, 3.05) is 6.54 Å². The minimum Gasteiger partial charge on any atom is -0.346 e. The Labute approximate surface area is 128 Å². The van der Waals surface area contributed by atoms with Crippen molar-refractivity contribution in [1.29, 1.82) is 5.41 Å². The van der Waals surface area contributed by atoms with E-state index in [0.717, 1.165) is 24.9 Å². The van der Waals surface area contributed by atoms with Gasteiger partial charge < -0.3 is 20.7 Å². The highest BCUT2D eigenvalue weighted by atomic mass is 19.1. The Morgan fingerprint density at radius 3 is 3.00 bits per heavy atom. The maximum atomic E-state index is 13.4. The number of halogens is 1. The molecule has 0 saturated heterocycles. The first kappa shape index (κ1) is 16.2. The topological polar surface area (TPSA) is 87.7 Å². The Kier molecular flexibility index (Phi) is 5.27. The lowest BCUT2D eigenvalue weighted by Crippen LogP contribution is -2.24. The summed E-state index contributed by atoms with van der Waals surface area (Å²) in [5, 5.41) is 8.46. The second-order valence-electron chi connectivity index (χ2n) is 5.21. The normalized spacial score (nSPS) is 12.3. The Morgan fingerprint density at radius 1 is 1.55 bits per heavy atom. The highest BCUT2D eigenvalue weighted by molar-refractivity contribution is 6.01. The summed E-state index contributed by atoms with van der Waals surface area (Å²) < 4.78 is 15.4. The van der Waals surface area contributed by atoms with E-state index in [2.05, 4.69) is 4.98 Å². The lowest BCUT2D eigenvalue weighted by Gasteiger charge is -2.18. The maximum Gasteiger partial charge on any atom is 0.252 e. The van der Waals surface area contributed by atoms with Crippen molar-refractivity contribution < 1.29 is 4.39 Å². The number of nitrogens with two attached hydrogens (primary N) is 1. The first-order valence-corrected chi connectivity index (χ1v) is 7.40. The van der Waals surface area contributed by atoms with Gasteiger partial charge in [-0.25, -0.2) is 4.39 Å². The van der Waals surface area contributed by atoms with Crippen LogP contribution in [-0.2, 0) is 6.54 Å². The molecular weight excluding hydrogens is 283 g/mol. The van der Waals surface area contributed by atoms with E-state index >= 15 is 0 Å². The van der Waals surface area contributed by atoms with Crippen LogP contribution in [0.25, 0.3) is 0 Å². The van der Waals surface area contributed by atoms with Gasteiger partial charge in [0, 0.05) is 30.4 Å². The van der Waals surface area contributed by atoms with Gasteiger partial charge in [-0.15, -0.1) is 0 Å². The standard InChI is InChI=1S/C16H21FN4O/c1-2-12(13-9-11(17)10-20-16(13)22)15(19)14-5-3-7-21(14)8-4-6-18/h3,5,7,9-10,12,19H,2,4,6,8,18H2,1H3,(H,20,22)/t12-/m1/s1. The van der Waals surface area contributed by atoms with Crippen molar-refractivity contribution in [2.24, 2.45) is 5.73 Å². The van der Waals surface area contributed by atoms with E-state index < -0.39 is 11.7 Å². The van der Waals surface area contributed by atoms with E-state index in [1.165, 1.54) is 6.07 Å². The number of hydrogen-bond acceptors (Lipinski definition) is 3. The van der Waals surface area contributed by atoms with E-state index in [-0.39, 0.29) is 5.56 Å². The molecule has 0 saturated carbocycles. The molecule has 0 aliphatic carbocycles. The molecule has 0 fully saturated rings. The summed E-state index contributed by atoms with van der Waals surface area (Å²) in [4.78, 5) is 14.3. The van der Waals surface area contributed by atoms with Crippen molar-refractivity contribution in [2.45, 2.75) is 32.2 Å². The van der Waals surface area contributed by atoms with E-state index in [9.17, 15) is 9.18 Å². The molecule has 0 aliphatic heterocycles. The number of nitrogens with zero attached hydrogens (tertiary/aromatic N) is 1. The van der Waals surface area contributed by atoms with Crippen molar-refractivity contribution in [3.8, 4) is 0 Å². The summed E-state index contributed by atoms with van der Waals surface area (Å²) in [7, 11) is 0. The average Bonchev–Trinajstić information content (AvgIpc) is 2.97. The lowest BCUT2D eigenvalue weighted by atomic mass is 9.90. The van der Waals surface area contributed by atoms with E-state index in [4.69, 9.17) is 11.1 Å². The summed E-state index contributed by atoms with van der Waals surface area (Å²) >= 11 is 0. The Balaban J connectivity index is 2.35. The van der Waals surface area contributed by atoms with Crippen molar-refractivity contribution in [3.05, 3.63) is 58.0 Å². The predicted molar refractivity (Wildman–Crippen MR) is 85.0 cm³/mol. The van der Waals surface area contributed by atoms with Crippen molar-refractivity contribution >= 4 is 5.71 Å². The third kappa shape index (κ3) is 3.33. The fourth-order valence-electron chi connectivity index (χ4n) is 2.61. The molecule has 2 rings (SSSR count). The summed E-state index contributed by atoms with van der Waals surface area (Å²) in [5.41, 5.74) is 6.53. The number of nitrogens with one attached hydrogen (secondary N) is 2. The molecule has 0 amide bonds. The molecule has 118 valence electrons. The maximum absolute atomic E-state index is 13.4. The van der Waals surface area contributed by atoms with Crippen LogP contribution < -0.4 is 11.3 Å². The summed E-state index contributed by atoms with van der Waals surface area (Å²) in [6, 6.07) is 4.92. The average molecular weight is 304 g/mol. The minimum absolute atomic E-state index is 0.291. The second kappa shape index (κ2) is 7.17. The van der Waals surface area contributed by atoms with Crippen LogP contribution >= 0.6 is 0 Å². The van der Waals surface area contributed by atoms with E-state index in [1.54, 1.807) is 0 Å². The molecule has 0 bridgehead atoms. The van der Waals surface area contributed by atoms with Crippen molar-refractivity contribution in [1.82, 2.24) is 9.55 Å². The van der Waals surface area contributed by atoms with Gasteiger partial charge in [0.2, 0.25) is 0 Å². The Hall–Kier alpha value is -2.21. The lowest BCUT2D eigenvalue weighted by molar-refractivity contribution is 0.613. The van der Waals surface area contributed by atoms with Gasteiger partial charge in [0.15, 0.2) is 0 Å². The van der Waals surface area contributed by atoms with Crippen molar-refractivity contribution in [3.63, 3.8) is 0 Å². The van der Waals surface area contributed by atoms with Crippen LogP contribution in [0.5, 0.6) is 0 Å². The molecular formula is C16H21FN4O. The molecule has 0 radical (unpaired) electrons. The highest BCUT2D eigenvalue weighted by Crippen LogP contribution is 2.22. The zero-order valence-corrected chi connectivity index (χ0v) is 12.6. The molecule has 0 aromatic carbocycles. The summed E-state index contributed by atoms with van der Waals surface area (Å²) in [6.07, 6.45) is 4.29. The number of aryl methyl sites for hydroxylation is 1. The monoisotopic (exact) mass is 304 g/mol. The zero-order valence-electron chi connectivity index (χ0n) is 12.6. The first-order valence-electron chi connectivity index (χ1n) is 7.40. The molecule has 22 heavy (non-hydrogen) atoms. The molecule has 2 aromatic heterocycles. The van der Waals surface area contributed by atoms with Crippen LogP contribution in [0.15, 0.2) is 35.4 Å². The number of aromatic nitrogens is 2. The molecule has 0 unspecified atom stereocenters. The van der Waals surface area contributed by atoms with E-state index in [1.807, 2.05) is 29.8 Å². The summed E-state index contributed by atoms with van der Waals surface area (Å²) in [6.45, 7) is 3.18. The first-order chi connectivity index (χ1) is 10.6. The number of hydrogen-bond donors (Lipinski definition) is 3. The highest BCUT2D eigenvalue weighted by Gasteiger charge is 2.22. The summed E-state index contributed by atoms with van der Waals surface area (Å²) in [5.74, 6) is -0.939. The van der Waals surface area contributed by atoms with Gasteiger partial charge in [-0.05, 0) is 37.6 Å². The van der Waals surface area contributed by atoms with Gasteiger partial charge in [-0.1, -0.05) is 6.92 Å². The van der Waals surface area contributed by atoms with Gasteiger partial charge in [0.05, 0.1) is 11.4 Å². The molecule has 0 spiro atoms. The van der Waals surface area contributed by atoms with Crippen LogP contribution in [-0.4, -0.2) is 21.8 Å². The van der Waals surface area contributed by atoms with E-state index in [0.29, 0.717) is 24.2 Å². The van der Waals surface area contributed by atoms with Crippen LogP contribution in [0, 0.1) is 11.2 Å². The van der Waals surface area contributed by atoms with Crippen LogP contribution in [0.4, 0.5) is 4.39 Å². The third-order valence-electron chi connectivity index (χ3n) is 3.74. The fraction of sp³-hybridized carbons (Fsp3) is 0.375. The predicted octanol–water partition coefficient (Wildman–Crippen LogP) is 2.23.